The van der Waals surface area contributed by atoms with Crippen LogP contribution in [0.25, 0.3) is 0 Å². The van der Waals surface area contributed by atoms with Crippen LogP contribution >= 0.6 is 0 Å². The predicted molar refractivity (Wildman–Crippen MR) is 61.6 cm³/mol. The Kier molecular flexibility index (Phi) is 3.10. The summed E-state index contributed by atoms with van der Waals surface area (Å²) in [6.07, 6.45) is 6.91. The molecule has 84 valence electrons. The van der Waals surface area contributed by atoms with Crippen LogP contribution in [-0.4, -0.2) is 15.8 Å². The third-order valence-electron chi connectivity index (χ3n) is 3.14. The van der Waals surface area contributed by atoms with Crippen molar-refractivity contribution in [1.29, 1.82) is 0 Å². The first-order valence-electron chi connectivity index (χ1n) is 5.93. The molecular formula is C12H21N3. The highest BCUT2D eigenvalue weighted by molar-refractivity contribution is 5.04. The van der Waals surface area contributed by atoms with Gasteiger partial charge in [-0.3, -0.25) is 4.68 Å². The molecule has 0 aliphatic heterocycles. The normalized spacial score (nSPS) is 18.4. The fourth-order valence-electron chi connectivity index (χ4n) is 1.79. The molecule has 0 aromatic carbocycles. The lowest BCUT2D eigenvalue weighted by Crippen LogP contribution is -2.27. The summed E-state index contributed by atoms with van der Waals surface area (Å²) < 4.78 is 2.01. The molecule has 1 heterocycles. The number of hydrogen-bond acceptors (Lipinski definition) is 2. The van der Waals surface area contributed by atoms with E-state index < -0.39 is 0 Å². The summed E-state index contributed by atoms with van der Waals surface area (Å²) in [7, 11) is 0. The van der Waals surface area contributed by atoms with Gasteiger partial charge in [0.15, 0.2) is 0 Å². The highest BCUT2D eigenvalue weighted by Crippen LogP contribution is 2.32. The van der Waals surface area contributed by atoms with Gasteiger partial charge >= 0.3 is 0 Å². The molecular weight excluding hydrogens is 186 g/mol. The van der Waals surface area contributed by atoms with Crippen LogP contribution in [0.5, 0.6) is 0 Å². The largest absolute Gasteiger partial charge is 0.310 e. The molecule has 2 rings (SSSR count). The van der Waals surface area contributed by atoms with Gasteiger partial charge in [-0.2, -0.15) is 5.10 Å². The molecule has 1 aliphatic rings. The molecule has 1 saturated carbocycles. The van der Waals surface area contributed by atoms with Gasteiger partial charge in [0.1, 0.15) is 0 Å². The molecule has 1 unspecified atom stereocenters. The van der Waals surface area contributed by atoms with Gasteiger partial charge < -0.3 is 5.32 Å². The van der Waals surface area contributed by atoms with E-state index in [-0.39, 0.29) is 0 Å². The Bertz CT molecular complexity index is 312. The van der Waals surface area contributed by atoms with Gasteiger partial charge in [0, 0.05) is 30.4 Å². The van der Waals surface area contributed by atoms with E-state index in [1.807, 2.05) is 10.9 Å². The Labute approximate surface area is 91.9 Å². The Hall–Kier alpha value is -0.830. The predicted octanol–water partition coefficient (Wildman–Crippen LogP) is 2.35. The van der Waals surface area contributed by atoms with E-state index in [0.717, 1.165) is 12.5 Å². The Morgan fingerprint density at radius 3 is 2.73 bits per heavy atom. The summed E-state index contributed by atoms with van der Waals surface area (Å²) in [5.41, 5.74) is 1.29. The van der Waals surface area contributed by atoms with Crippen LogP contribution in [0.2, 0.25) is 0 Å². The number of nitrogens with one attached hydrogen (secondary N) is 1. The second kappa shape index (κ2) is 4.35. The monoisotopic (exact) mass is 207 g/mol. The molecule has 0 spiro atoms. The van der Waals surface area contributed by atoms with Crippen molar-refractivity contribution >= 4 is 0 Å². The average Bonchev–Trinajstić information content (AvgIpc) is 2.93. The maximum absolute atomic E-state index is 4.33. The highest BCUT2D eigenvalue weighted by atomic mass is 15.3. The van der Waals surface area contributed by atoms with Crippen LogP contribution in [0.15, 0.2) is 12.4 Å². The van der Waals surface area contributed by atoms with Gasteiger partial charge in [-0.05, 0) is 39.5 Å². The van der Waals surface area contributed by atoms with Crippen molar-refractivity contribution in [3.63, 3.8) is 0 Å². The fraction of sp³-hybridized carbons (Fsp3) is 0.750. The zero-order chi connectivity index (χ0) is 10.8. The SMILES string of the molecule is CC(NCc1cnn(C(C)C)c1)C1CC1. The smallest absolute Gasteiger partial charge is 0.0534 e. The lowest BCUT2D eigenvalue weighted by molar-refractivity contribution is 0.495. The molecule has 0 saturated heterocycles. The molecule has 0 radical (unpaired) electrons. The molecule has 15 heavy (non-hydrogen) atoms. The van der Waals surface area contributed by atoms with Crippen molar-refractivity contribution in [3.8, 4) is 0 Å². The number of hydrogen-bond donors (Lipinski definition) is 1. The van der Waals surface area contributed by atoms with Gasteiger partial charge in [-0.15, -0.1) is 0 Å². The first kappa shape index (κ1) is 10.7. The molecule has 3 heteroatoms. The minimum absolute atomic E-state index is 0.458. The molecule has 1 fully saturated rings. The molecule has 3 nitrogen and oxygen atoms in total. The highest BCUT2D eigenvalue weighted by Gasteiger charge is 2.27. The number of rotatable bonds is 5. The summed E-state index contributed by atoms with van der Waals surface area (Å²) in [6.45, 7) is 7.53. The van der Waals surface area contributed by atoms with Gasteiger partial charge in [-0.25, -0.2) is 0 Å². The summed E-state index contributed by atoms with van der Waals surface area (Å²) in [4.78, 5) is 0. The zero-order valence-electron chi connectivity index (χ0n) is 9.90. The van der Waals surface area contributed by atoms with Gasteiger partial charge in [0.05, 0.1) is 6.20 Å². The van der Waals surface area contributed by atoms with Crippen LogP contribution < -0.4 is 5.32 Å². The molecule has 1 atom stereocenters. The summed E-state index contributed by atoms with van der Waals surface area (Å²) >= 11 is 0. The quantitative estimate of drug-likeness (QED) is 0.803. The minimum Gasteiger partial charge on any atom is -0.310 e. The maximum atomic E-state index is 4.33. The zero-order valence-corrected chi connectivity index (χ0v) is 9.90. The van der Waals surface area contributed by atoms with Crippen LogP contribution in [0.4, 0.5) is 0 Å². The van der Waals surface area contributed by atoms with E-state index in [2.05, 4.69) is 37.4 Å². The third kappa shape index (κ3) is 2.81. The molecule has 1 N–H and O–H groups in total. The Balaban J connectivity index is 1.82. The molecule has 0 amide bonds. The lowest BCUT2D eigenvalue weighted by Gasteiger charge is -2.11. The van der Waals surface area contributed by atoms with Crippen molar-refractivity contribution in [3.05, 3.63) is 18.0 Å². The van der Waals surface area contributed by atoms with Gasteiger partial charge in [0.25, 0.3) is 0 Å². The Morgan fingerprint density at radius 1 is 1.47 bits per heavy atom. The van der Waals surface area contributed by atoms with Gasteiger partial charge in [-0.1, -0.05) is 0 Å². The van der Waals surface area contributed by atoms with Crippen LogP contribution in [0.1, 0.15) is 45.2 Å². The van der Waals surface area contributed by atoms with E-state index >= 15 is 0 Å². The van der Waals surface area contributed by atoms with E-state index in [0.29, 0.717) is 12.1 Å². The van der Waals surface area contributed by atoms with Crippen LogP contribution in [-0.2, 0) is 6.54 Å². The second-order valence-electron chi connectivity index (χ2n) is 4.93. The van der Waals surface area contributed by atoms with Crippen molar-refractivity contribution < 1.29 is 0 Å². The summed E-state index contributed by atoms with van der Waals surface area (Å²) in [6, 6.07) is 1.12. The molecule has 1 aromatic heterocycles. The van der Waals surface area contributed by atoms with E-state index in [1.165, 1.54) is 18.4 Å². The number of nitrogens with zero attached hydrogens (tertiary/aromatic N) is 2. The topological polar surface area (TPSA) is 29.9 Å². The molecule has 1 aliphatic carbocycles. The van der Waals surface area contributed by atoms with E-state index in [9.17, 15) is 0 Å². The summed E-state index contributed by atoms with van der Waals surface area (Å²) in [5, 5.41) is 7.89. The first-order chi connectivity index (χ1) is 7.16. The van der Waals surface area contributed by atoms with Crippen molar-refractivity contribution in [2.45, 2.75) is 52.2 Å². The number of aromatic nitrogens is 2. The van der Waals surface area contributed by atoms with Crippen molar-refractivity contribution in [1.82, 2.24) is 15.1 Å². The molecule has 0 bridgehead atoms. The van der Waals surface area contributed by atoms with Crippen molar-refractivity contribution in [2.24, 2.45) is 5.92 Å². The maximum Gasteiger partial charge on any atom is 0.0534 e. The second-order valence-corrected chi connectivity index (χ2v) is 4.93. The Morgan fingerprint density at radius 2 is 2.20 bits per heavy atom. The van der Waals surface area contributed by atoms with Crippen LogP contribution in [0.3, 0.4) is 0 Å². The third-order valence-corrected chi connectivity index (χ3v) is 3.14. The molecule has 1 aromatic rings. The van der Waals surface area contributed by atoms with Crippen LogP contribution in [0, 0.1) is 5.92 Å². The van der Waals surface area contributed by atoms with Crippen molar-refractivity contribution in [2.75, 3.05) is 0 Å². The average molecular weight is 207 g/mol. The van der Waals surface area contributed by atoms with E-state index in [4.69, 9.17) is 0 Å². The van der Waals surface area contributed by atoms with E-state index in [1.54, 1.807) is 0 Å². The fourth-order valence-corrected chi connectivity index (χ4v) is 1.79. The summed E-state index contributed by atoms with van der Waals surface area (Å²) in [5.74, 6) is 0.921. The minimum atomic E-state index is 0.458. The standard InChI is InChI=1S/C12H21N3/c1-9(2)15-8-11(7-14-15)6-13-10(3)12-4-5-12/h7-10,12-13H,4-6H2,1-3H3. The lowest BCUT2D eigenvalue weighted by atomic mass is 10.2. The van der Waals surface area contributed by atoms with Gasteiger partial charge in [0.2, 0.25) is 0 Å². The first-order valence-corrected chi connectivity index (χ1v) is 5.93.